The van der Waals surface area contributed by atoms with Crippen molar-refractivity contribution < 1.29 is 14.7 Å². The fraction of sp³-hybridized carbons (Fsp3) is 0.643. The Labute approximate surface area is 186 Å². The van der Waals surface area contributed by atoms with Gasteiger partial charge in [-0.3, -0.25) is 4.79 Å². The van der Waals surface area contributed by atoms with Gasteiger partial charge in [-0.05, 0) is 91.8 Å². The van der Waals surface area contributed by atoms with Crippen LogP contribution < -0.4 is 0 Å². The van der Waals surface area contributed by atoms with Gasteiger partial charge < -0.3 is 9.90 Å². The van der Waals surface area contributed by atoms with Crippen molar-refractivity contribution in [3.05, 3.63) is 46.3 Å². The van der Waals surface area contributed by atoms with E-state index >= 15 is 0 Å². The van der Waals surface area contributed by atoms with Crippen molar-refractivity contribution in [3.8, 4) is 0 Å². The van der Waals surface area contributed by atoms with Gasteiger partial charge in [-0.1, -0.05) is 45.4 Å². The zero-order valence-electron chi connectivity index (χ0n) is 19.7. The van der Waals surface area contributed by atoms with Crippen molar-refractivity contribution in [1.29, 1.82) is 0 Å². The summed E-state index contributed by atoms with van der Waals surface area (Å²) < 4.78 is 0. The van der Waals surface area contributed by atoms with Gasteiger partial charge in [0.2, 0.25) is 5.78 Å². The van der Waals surface area contributed by atoms with Gasteiger partial charge in [0, 0.05) is 16.4 Å². The molecule has 3 fully saturated rings. The van der Waals surface area contributed by atoms with Crippen LogP contribution in [0, 0.1) is 33.5 Å². The van der Waals surface area contributed by atoms with E-state index in [1.165, 1.54) is 24.7 Å². The van der Waals surface area contributed by atoms with E-state index in [1.807, 2.05) is 6.92 Å². The lowest BCUT2D eigenvalue weighted by Gasteiger charge is -2.64. The Hall–Kier alpha value is -1.90. The highest BCUT2D eigenvalue weighted by Gasteiger charge is 2.61. The van der Waals surface area contributed by atoms with Crippen LogP contribution in [-0.2, 0) is 9.59 Å². The van der Waals surface area contributed by atoms with E-state index in [2.05, 4.69) is 39.8 Å². The quantitative estimate of drug-likeness (QED) is 0.498. The third-order valence-corrected chi connectivity index (χ3v) is 10.4. The molecular formula is C28H36O3. The van der Waals surface area contributed by atoms with E-state index in [4.69, 9.17) is 0 Å². The van der Waals surface area contributed by atoms with Gasteiger partial charge in [0.25, 0.3) is 0 Å². The molecular weight excluding hydrogens is 384 g/mol. The van der Waals surface area contributed by atoms with Crippen LogP contribution in [0.15, 0.2) is 46.3 Å². The molecule has 0 bridgehead atoms. The van der Waals surface area contributed by atoms with Crippen LogP contribution in [0.5, 0.6) is 0 Å². The van der Waals surface area contributed by atoms with E-state index in [0.717, 1.165) is 43.3 Å². The van der Waals surface area contributed by atoms with E-state index in [1.54, 1.807) is 6.08 Å². The Morgan fingerprint density at radius 1 is 1.00 bits per heavy atom. The summed E-state index contributed by atoms with van der Waals surface area (Å²) in [6.07, 6.45) is 15.1. The second kappa shape index (κ2) is 6.33. The van der Waals surface area contributed by atoms with Gasteiger partial charge in [-0.15, -0.1) is 0 Å². The number of aldehydes is 1. The van der Waals surface area contributed by atoms with Gasteiger partial charge >= 0.3 is 0 Å². The number of allylic oxidation sites excluding steroid dienone is 7. The van der Waals surface area contributed by atoms with Gasteiger partial charge in [0.1, 0.15) is 6.29 Å². The average Bonchev–Trinajstić information content (AvgIpc) is 2.73. The number of hydrogen-bond acceptors (Lipinski definition) is 3. The molecule has 0 amide bonds. The molecule has 3 saturated carbocycles. The zero-order chi connectivity index (χ0) is 22.4. The number of aliphatic hydroxyl groups is 1. The SMILES string of the molecule is CC1=C(O)C(=O)C=C2C1=CC=C1C2(C)CCC2C3C[C@](C)(C=O)CCC3(C)CCC12C. The molecule has 5 aliphatic rings. The molecule has 5 rings (SSSR count). The van der Waals surface area contributed by atoms with E-state index in [0.29, 0.717) is 22.8 Å². The predicted molar refractivity (Wildman–Crippen MR) is 122 cm³/mol. The number of fused-ring (bicyclic) bond motifs is 7. The predicted octanol–water partition coefficient (Wildman–Crippen LogP) is 6.42. The lowest BCUT2D eigenvalue weighted by molar-refractivity contribution is -0.131. The topological polar surface area (TPSA) is 54.4 Å². The smallest absolute Gasteiger partial charge is 0.220 e. The highest BCUT2D eigenvalue weighted by molar-refractivity contribution is 6.06. The molecule has 0 heterocycles. The molecule has 5 aliphatic carbocycles. The van der Waals surface area contributed by atoms with Crippen LogP contribution in [0.2, 0.25) is 0 Å². The molecule has 6 atom stereocenters. The molecule has 3 nitrogen and oxygen atoms in total. The van der Waals surface area contributed by atoms with Crippen LogP contribution in [0.3, 0.4) is 0 Å². The summed E-state index contributed by atoms with van der Waals surface area (Å²) >= 11 is 0. The summed E-state index contributed by atoms with van der Waals surface area (Å²) in [5.41, 5.74) is 4.36. The number of carbonyl (C=O) groups is 2. The largest absolute Gasteiger partial charge is 0.504 e. The maximum atomic E-state index is 12.5. The normalized spacial score (nSPS) is 46.6. The molecule has 0 aromatic carbocycles. The summed E-state index contributed by atoms with van der Waals surface area (Å²) in [5.74, 6) is 0.771. The number of hydrogen-bond donors (Lipinski definition) is 1. The van der Waals surface area contributed by atoms with E-state index in [-0.39, 0.29) is 27.8 Å². The number of ketones is 1. The molecule has 0 aromatic heterocycles. The lowest BCUT2D eigenvalue weighted by Crippen LogP contribution is -2.56. The van der Waals surface area contributed by atoms with Crippen molar-refractivity contribution in [3.63, 3.8) is 0 Å². The minimum absolute atomic E-state index is 0.0847. The van der Waals surface area contributed by atoms with Crippen LogP contribution in [0.25, 0.3) is 0 Å². The minimum atomic E-state index is -0.260. The van der Waals surface area contributed by atoms with E-state index in [9.17, 15) is 14.7 Å². The van der Waals surface area contributed by atoms with Gasteiger partial charge in [-0.25, -0.2) is 0 Å². The summed E-state index contributed by atoms with van der Waals surface area (Å²) in [7, 11) is 0. The third kappa shape index (κ3) is 2.64. The molecule has 0 spiro atoms. The molecule has 31 heavy (non-hydrogen) atoms. The monoisotopic (exact) mass is 420 g/mol. The van der Waals surface area contributed by atoms with Crippen molar-refractivity contribution >= 4 is 12.1 Å². The summed E-state index contributed by atoms with van der Waals surface area (Å²) in [5, 5.41) is 10.2. The minimum Gasteiger partial charge on any atom is -0.504 e. The third-order valence-electron chi connectivity index (χ3n) is 10.4. The highest BCUT2D eigenvalue weighted by Crippen LogP contribution is 2.70. The fourth-order valence-corrected chi connectivity index (χ4v) is 8.17. The van der Waals surface area contributed by atoms with Crippen LogP contribution in [0.1, 0.15) is 79.6 Å². The standard InChI is InChI=1S/C28H36O3/c1-17-18-6-7-23-27(4,20(18)14-22(30)24(17)31)9-8-19-21-15-25(2,16-29)10-11-26(21,3)12-13-28(19,23)5/h6-7,14,16,19,21,31H,8-13,15H2,1-5H3/t19?,21?,25-,26?,27?,28?/m1/s1. The van der Waals surface area contributed by atoms with Crippen LogP contribution >= 0.6 is 0 Å². The first-order valence-electron chi connectivity index (χ1n) is 12.0. The average molecular weight is 421 g/mol. The Morgan fingerprint density at radius 3 is 2.42 bits per heavy atom. The number of rotatable bonds is 1. The zero-order valence-corrected chi connectivity index (χ0v) is 19.7. The lowest BCUT2D eigenvalue weighted by atomic mass is 9.40. The van der Waals surface area contributed by atoms with Crippen LogP contribution in [-0.4, -0.2) is 17.2 Å². The summed E-state index contributed by atoms with van der Waals surface area (Å²) in [4.78, 5) is 24.5. The summed E-state index contributed by atoms with van der Waals surface area (Å²) in [6, 6.07) is 0. The first kappa shape index (κ1) is 21.0. The highest BCUT2D eigenvalue weighted by atomic mass is 16.3. The van der Waals surface area contributed by atoms with Crippen LogP contribution in [0.4, 0.5) is 0 Å². The molecule has 5 unspecified atom stereocenters. The Morgan fingerprint density at radius 2 is 1.71 bits per heavy atom. The van der Waals surface area contributed by atoms with Crippen molar-refractivity contribution in [2.45, 2.75) is 79.6 Å². The maximum Gasteiger partial charge on any atom is 0.220 e. The molecule has 0 aliphatic heterocycles. The number of carbonyl (C=O) groups excluding carboxylic acids is 2. The number of aliphatic hydroxyl groups excluding tert-OH is 1. The molecule has 0 saturated heterocycles. The van der Waals surface area contributed by atoms with E-state index < -0.39 is 0 Å². The Kier molecular flexibility index (Phi) is 4.28. The van der Waals surface area contributed by atoms with Crippen molar-refractivity contribution in [1.82, 2.24) is 0 Å². The first-order chi connectivity index (χ1) is 14.5. The van der Waals surface area contributed by atoms with Crippen molar-refractivity contribution in [2.24, 2.45) is 33.5 Å². The Balaban J connectivity index is 1.60. The maximum absolute atomic E-state index is 12.5. The van der Waals surface area contributed by atoms with Crippen molar-refractivity contribution in [2.75, 3.05) is 0 Å². The Bertz CT molecular complexity index is 1010. The van der Waals surface area contributed by atoms with Gasteiger partial charge in [-0.2, -0.15) is 0 Å². The molecule has 166 valence electrons. The molecule has 3 heteroatoms. The first-order valence-corrected chi connectivity index (χ1v) is 12.0. The van der Waals surface area contributed by atoms with Gasteiger partial charge in [0.05, 0.1) is 0 Å². The second-order valence-electron chi connectivity index (χ2n) is 12.2. The molecule has 0 radical (unpaired) electrons. The summed E-state index contributed by atoms with van der Waals surface area (Å²) in [6.45, 7) is 11.3. The molecule has 0 aromatic rings. The van der Waals surface area contributed by atoms with Gasteiger partial charge in [0.15, 0.2) is 5.76 Å². The second-order valence-corrected chi connectivity index (χ2v) is 12.2. The molecule has 1 N–H and O–H groups in total. The fourth-order valence-electron chi connectivity index (χ4n) is 8.17.